The first kappa shape index (κ1) is 18.9. The van der Waals surface area contributed by atoms with Crippen molar-refractivity contribution in [2.75, 3.05) is 13.1 Å². The van der Waals surface area contributed by atoms with Crippen molar-refractivity contribution in [2.45, 2.75) is 46.0 Å². The molecule has 1 aliphatic heterocycles. The molecule has 0 atom stereocenters. The molecule has 7 heteroatoms. The van der Waals surface area contributed by atoms with Crippen LogP contribution in [0.4, 0.5) is 0 Å². The van der Waals surface area contributed by atoms with Crippen LogP contribution in [-0.4, -0.2) is 43.5 Å². The van der Waals surface area contributed by atoms with Crippen molar-refractivity contribution in [3.8, 4) is 11.4 Å². The van der Waals surface area contributed by atoms with Crippen LogP contribution in [0, 0.1) is 13.8 Å². The number of likely N-dealkylation sites (tertiary alicyclic amines) is 1. The summed E-state index contributed by atoms with van der Waals surface area (Å²) >= 11 is 5.97. The second-order valence-corrected chi connectivity index (χ2v) is 7.82. The van der Waals surface area contributed by atoms with Gasteiger partial charge in [-0.1, -0.05) is 24.4 Å². The maximum Gasteiger partial charge on any atom is 0.253 e. The number of nitrogens with zero attached hydrogens (tertiary/aromatic N) is 5. The van der Waals surface area contributed by atoms with Gasteiger partial charge in [-0.3, -0.25) is 4.79 Å². The minimum absolute atomic E-state index is 0.173. The standard InChI is InChI=1S/C21H24ClN5O/c1-14-18(13-19(28)26-11-5-3-4-6-12-26)15(2)27-21(23-14)24-20(25-27)16-7-9-17(22)10-8-16/h7-10H,3-6,11-13H2,1-2H3. The van der Waals surface area contributed by atoms with Crippen molar-refractivity contribution in [1.29, 1.82) is 0 Å². The van der Waals surface area contributed by atoms with Crippen LogP contribution in [0.2, 0.25) is 5.02 Å². The fourth-order valence-electron chi connectivity index (χ4n) is 3.77. The van der Waals surface area contributed by atoms with Gasteiger partial charge in [0.25, 0.3) is 5.78 Å². The van der Waals surface area contributed by atoms with Crippen LogP contribution in [0.25, 0.3) is 17.2 Å². The van der Waals surface area contributed by atoms with Gasteiger partial charge >= 0.3 is 0 Å². The Morgan fingerprint density at radius 1 is 1.04 bits per heavy atom. The molecule has 3 heterocycles. The number of carbonyl (C=O) groups excluding carboxylic acids is 1. The topological polar surface area (TPSA) is 63.4 Å². The van der Waals surface area contributed by atoms with Gasteiger partial charge in [0.05, 0.1) is 6.42 Å². The SMILES string of the molecule is Cc1nc2nc(-c3ccc(Cl)cc3)nn2c(C)c1CC(=O)N1CCCCCC1. The highest BCUT2D eigenvalue weighted by Crippen LogP contribution is 2.22. The van der Waals surface area contributed by atoms with E-state index in [4.69, 9.17) is 11.6 Å². The van der Waals surface area contributed by atoms with Gasteiger partial charge in [-0.2, -0.15) is 4.98 Å². The van der Waals surface area contributed by atoms with Gasteiger partial charge in [0.1, 0.15) is 0 Å². The molecule has 0 unspecified atom stereocenters. The lowest BCUT2D eigenvalue weighted by atomic mass is 10.1. The number of rotatable bonds is 3. The number of hydrogen-bond acceptors (Lipinski definition) is 4. The number of fused-ring (bicyclic) bond motifs is 1. The van der Waals surface area contributed by atoms with Crippen LogP contribution in [0.5, 0.6) is 0 Å². The van der Waals surface area contributed by atoms with Crippen LogP contribution in [0.1, 0.15) is 42.6 Å². The molecule has 4 rings (SSSR count). The van der Waals surface area contributed by atoms with Gasteiger partial charge in [-0.15, -0.1) is 5.10 Å². The third kappa shape index (κ3) is 3.74. The van der Waals surface area contributed by atoms with Gasteiger partial charge in [-0.05, 0) is 51.0 Å². The zero-order valence-corrected chi connectivity index (χ0v) is 17.0. The number of aromatic nitrogens is 4. The van der Waals surface area contributed by atoms with E-state index >= 15 is 0 Å². The molecule has 0 aliphatic carbocycles. The van der Waals surface area contributed by atoms with Gasteiger partial charge < -0.3 is 4.90 Å². The minimum Gasteiger partial charge on any atom is -0.342 e. The summed E-state index contributed by atoms with van der Waals surface area (Å²) in [5.74, 6) is 1.32. The summed E-state index contributed by atoms with van der Waals surface area (Å²) in [5, 5.41) is 5.30. The highest BCUT2D eigenvalue weighted by molar-refractivity contribution is 6.30. The Hall–Kier alpha value is -2.47. The first-order chi connectivity index (χ1) is 13.5. The molecule has 6 nitrogen and oxygen atoms in total. The van der Waals surface area contributed by atoms with Crippen molar-refractivity contribution in [3.05, 3.63) is 46.2 Å². The Morgan fingerprint density at radius 3 is 2.39 bits per heavy atom. The molecule has 0 N–H and O–H groups in total. The molecule has 1 fully saturated rings. The van der Waals surface area contributed by atoms with E-state index in [-0.39, 0.29) is 5.91 Å². The lowest BCUT2D eigenvalue weighted by Crippen LogP contribution is -2.33. The average Bonchev–Trinajstić information content (AvgIpc) is 2.92. The van der Waals surface area contributed by atoms with Gasteiger partial charge in [0.2, 0.25) is 5.91 Å². The van der Waals surface area contributed by atoms with E-state index in [0.29, 0.717) is 23.0 Å². The predicted octanol–water partition coefficient (Wildman–Crippen LogP) is 4.01. The van der Waals surface area contributed by atoms with E-state index in [1.54, 1.807) is 4.52 Å². The summed E-state index contributed by atoms with van der Waals surface area (Å²) in [4.78, 5) is 24.0. The molecule has 1 aliphatic rings. The molecule has 3 aromatic rings. The Balaban J connectivity index is 1.65. The Labute approximate surface area is 169 Å². The van der Waals surface area contributed by atoms with Crippen molar-refractivity contribution >= 4 is 23.3 Å². The molecule has 1 saturated heterocycles. The lowest BCUT2D eigenvalue weighted by Gasteiger charge is -2.21. The summed E-state index contributed by atoms with van der Waals surface area (Å²) in [6.07, 6.45) is 4.96. The molecule has 1 aromatic carbocycles. The van der Waals surface area contributed by atoms with Gasteiger partial charge in [0, 0.05) is 40.6 Å². The Morgan fingerprint density at radius 2 is 1.71 bits per heavy atom. The van der Waals surface area contributed by atoms with Gasteiger partial charge in [-0.25, -0.2) is 9.50 Å². The zero-order chi connectivity index (χ0) is 19.7. The summed E-state index contributed by atoms with van der Waals surface area (Å²) in [6.45, 7) is 5.63. The number of hydrogen-bond donors (Lipinski definition) is 0. The lowest BCUT2D eigenvalue weighted by molar-refractivity contribution is -0.130. The summed E-state index contributed by atoms with van der Waals surface area (Å²) < 4.78 is 1.74. The fourth-order valence-corrected chi connectivity index (χ4v) is 3.89. The monoisotopic (exact) mass is 397 g/mol. The predicted molar refractivity (Wildman–Crippen MR) is 109 cm³/mol. The maximum atomic E-state index is 12.9. The number of benzene rings is 1. The van der Waals surface area contributed by atoms with E-state index in [0.717, 1.165) is 48.4 Å². The fraction of sp³-hybridized carbons (Fsp3) is 0.429. The summed E-state index contributed by atoms with van der Waals surface area (Å²) in [5.41, 5.74) is 3.57. The number of aryl methyl sites for hydroxylation is 2. The smallest absolute Gasteiger partial charge is 0.253 e. The Bertz CT molecular complexity index is 1000. The molecule has 0 bridgehead atoms. The molecule has 2 aromatic heterocycles. The minimum atomic E-state index is 0.173. The van der Waals surface area contributed by atoms with Crippen molar-refractivity contribution in [1.82, 2.24) is 24.5 Å². The highest BCUT2D eigenvalue weighted by Gasteiger charge is 2.20. The largest absolute Gasteiger partial charge is 0.342 e. The Kier molecular flexibility index (Phi) is 5.31. The second kappa shape index (κ2) is 7.87. The molecule has 0 spiro atoms. The summed E-state index contributed by atoms with van der Waals surface area (Å²) in [6, 6.07) is 7.42. The molecular weight excluding hydrogens is 374 g/mol. The third-order valence-electron chi connectivity index (χ3n) is 5.44. The molecule has 1 amide bonds. The molecule has 28 heavy (non-hydrogen) atoms. The van der Waals surface area contributed by atoms with E-state index in [9.17, 15) is 4.79 Å². The maximum absolute atomic E-state index is 12.9. The molecular formula is C21H24ClN5O. The molecule has 0 saturated carbocycles. The van der Waals surface area contributed by atoms with Crippen molar-refractivity contribution in [2.24, 2.45) is 0 Å². The van der Waals surface area contributed by atoms with E-state index in [1.807, 2.05) is 43.0 Å². The number of amides is 1. The van der Waals surface area contributed by atoms with Crippen molar-refractivity contribution in [3.63, 3.8) is 0 Å². The quantitative estimate of drug-likeness (QED) is 0.669. The van der Waals surface area contributed by atoms with Crippen LogP contribution in [0.15, 0.2) is 24.3 Å². The van der Waals surface area contributed by atoms with Crippen LogP contribution in [0.3, 0.4) is 0 Å². The van der Waals surface area contributed by atoms with E-state index in [1.165, 1.54) is 12.8 Å². The van der Waals surface area contributed by atoms with Gasteiger partial charge in [0.15, 0.2) is 5.82 Å². The third-order valence-corrected chi connectivity index (χ3v) is 5.69. The average molecular weight is 398 g/mol. The molecule has 146 valence electrons. The molecule has 0 radical (unpaired) electrons. The van der Waals surface area contributed by atoms with Crippen LogP contribution >= 0.6 is 11.6 Å². The number of halogens is 1. The zero-order valence-electron chi connectivity index (χ0n) is 16.3. The first-order valence-electron chi connectivity index (χ1n) is 9.79. The van der Waals surface area contributed by atoms with Crippen molar-refractivity contribution < 1.29 is 4.79 Å². The second-order valence-electron chi connectivity index (χ2n) is 7.39. The summed E-state index contributed by atoms with van der Waals surface area (Å²) in [7, 11) is 0. The highest BCUT2D eigenvalue weighted by atomic mass is 35.5. The normalized spacial score (nSPS) is 15.0. The van der Waals surface area contributed by atoms with E-state index in [2.05, 4.69) is 15.1 Å². The van der Waals surface area contributed by atoms with E-state index < -0.39 is 0 Å². The van der Waals surface area contributed by atoms with Crippen LogP contribution < -0.4 is 0 Å². The first-order valence-corrected chi connectivity index (χ1v) is 10.2. The van der Waals surface area contributed by atoms with Crippen LogP contribution in [-0.2, 0) is 11.2 Å². The number of carbonyl (C=O) groups is 1.